The summed E-state index contributed by atoms with van der Waals surface area (Å²) in [6.07, 6.45) is 1.67. The van der Waals surface area contributed by atoms with E-state index in [4.69, 9.17) is 0 Å². The summed E-state index contributed by atoms with van der Waals surface area (Å²) < 4.78 is 26.8. The van der Waals surface area contributed by atoms with Gasteiger partial charge in [-0.25, -0.2) is 18.7 Å². The molecule has 0 aromatic carbocycles. The zero-order chi connectivity index (χ0) is 18.0. The number of carbonyl (C=O) groups is 1. The van der Waals surface area contributed by atoms with Gasteiger partial charge in [-0.1, -0.05) is 0 Å². The number of thiazole rings is 1. The Morgan fingerprint density at radius 3 is 2.72 bits per heavy atom. The molecule has 5 nitrogen and oxygen atoms in total. The summed E-state index contributed by atoms with van der Waals surface area (Å²) >= 11 is 1.69. The van der Waals surface area contributed by atoms with Crippen molar-refractivity contribution in [3.8, 4) is 0 Å². The van der Waals surface area contributed by atoms with E-state index in [1.54, 1.807) is 16.2 Å². The normalized spacial score (nSPS) is 16.1. The quantitative estimate of drug-likeness (QED) is 0.838. The molecule has 1 aliphatic rings. The van der Waals surface area contributed by atoms with E-state index in [1.165, 1.54) is 4.88 Å². The highest BCUT2D eigenvalue weighted by molar-refractivity contribution is 7.11. The number of halogens is 2. The lowest BCUT2D eigenvalue weighted by molar-refractivity contribution is 0.0750. The highest BCUT2D eigenvalue weighted by atomic mass is 32.1. The number of pyridine rings is 1. The van der Waals surface area contributed by atoms with E-state index < -0.39 is 17.5 Å². The summed E-state index contributed by atoms with van der Waals surface area (Å²) in [6, 6.07) is 0.694. The fraction of sp³-hybridized carbons (Fsp3) is 0.471. The summed E-state index contributed by atoms with van der Waals surface area (Å²) in [6.45, 7) is 7.40. The van der Waals surface area contributed by atoms with E-state index in [9.17, 15) is 13.6 Å². The second-order valence-electron chi connectivity index (χ2n) is 6.15. The number of aryl methyl sites for hydroxylation is 2. The molecular weight excluding hydrogens is 346 g/mol. The molecule has 1 amide bonds. The first-order valence-electron chi connectivity index (χ1n) is 8.19. The number of nitrogens with zero attached hydrogens (tertiary/aromatic N) is 4. The Labute approximate surface area is 149 Å². The van der Waals surface area contributed by atoms with Crippen molar-refractivity contribution in [3.63, 3.8) is 0 Å². The van der Waals surface area contributed by atoms with Crippen molar-refractivity contribution >= 4 is 17.2 Å². The Morgan fingerprint density at radius 2 is 2.04 bits per heavy atom. The van der Waals surface area contributed by atoms with Crippen molar-refractivity contribution in [1.29, 1.82) is 0 Å². The summed E-state index contributed by atoms with van der Waals surface area (Å²) in [5.74, 6) is -2.18. The molecule has 0 N–H and O–H groups in total. The van der Waals surface area contributed by atoms with Crippen molar-refractivity contribution in [2.24, 2.45) is 0 Å². The maximum atomic E-state index is 13.8. The fourth-order valence-electron chi connectivity index (χ4n) is 2.98. The average Bonchev–Trinajstić information content (AvgIpc) is 2.74. The van der Waals surface area contributed by atoms with Gasteiger partial charge in [0.25, 0.3) is 5.91 Å². The van der Waals surface area contributed by atoms with Crippen LogP contribution >= 0.6 is 11.3 Å². The second-order valence-corrected chi connectivity index (χ2v) is 7.44. The van der Waals surface area contributed by atoms with Crippen LogP contribution in [0.2, 0.25) is 0 Å². The van der Waals surface area contributed by atoms with Gasteiger partial charge >= 0.3 is 0 Å². The minimum Gasteiger partial charge on any atom is -0.336 e. The van der Waals surface area contributed by atoms with Gasteiger partial charge in [-0.15, -0.1) is 11.3 Å². The van der Waals surface area contributed by atoms with Crippen LogP contribution in [0.1, 0.15) is 32.5 Å². The van der Waals surface area contributed by atoms with Crippen LogP contribution in [0.4, 0.5) is 8.78 Å². The summed E-state index contributed by atoms with van der Waals surface area (Å²) in [4.78, 5) is 25.7. The smallest absolute Gasteiger partial charge is 0.275 e. The molecule has 0 aliphatic carbocycles. The first-order chi connectivity index (χ1) is 11.9. The molecule has 2 aromatic heterocycles. The lowest BCUT2D eigenvalue weighted by Gasteiger charge is -2.21. The molecule has 0 atom stereocenters. The molecule has 25 heavy (non-hydrogen) atoms. The van der Waals surface area contributed by atoms with Crippen LogP contribution in [0.15, 0.2) is 12.3 Å². The van der Waals surface area contributed by atoms with Crippen molar-refractivity contribution in [2.45, 2.75) is 26.8 Å². The van der Waals surface area contributed by atoms with Crippen LogP contribution in [0.25, 0.3) is 0 Å². The van der Waals surface area contributed by atoms with E-state index in [0.717, 1.165) is 36.4 Å². The van der Waals surface area contributed by atoms with Gasteiger partial charge in [0, 0.05) is 43.7 Å². The fourth-order valence-corrected chi connectivity index (χ4v) is 3.96. The third-order valence-corrected chi connectivity index (χ3v) is 5.31. The highest BCUT2D eigenvalue weighted by Crippen LogP contribution is 2.20. The summed E-state index contributed by atoms with van der Waals surface area (Å²) in [7, 11) is 0. The van der Waals surface area contributed by atoms with Gasteiger partial charge in [-0.05, 0) is 20.3 Å². The predicted octanol–water partition coefficient (Wildman–Crippen LogP) is 2.78. The topological polar surface area (TPSA) is 49.3 Å². The molecule has 8 heteroatoms. The minimum absolute atomic E-state index is 0.316. The summed E-state index contributed by atoms with van der Waals surface area (Å²) in [5, 5.41) is 1.05. The molecule has 0 spiro atoms. The SMILES string of the molecule is Cc1nc(C)c(CN2CCCN(C(=O)c3ncc(F)cc3F)CC2)s1. The lowest BCUT2D eigenvalue weighted by atomic mass is 10.3. The number of hydrogen-bond acceptors (Lipinski definition) is 5. The number of carbonyl (C=O) groups excluding carboxylic acids is 1. The maximum Gasteiger partial charge on any atom is 0.275 e. The molecular formula is C17H20F2N4OS. The van der Waals surface area contributed by atoms with Gasteiger partial charge in [0.15, 0.2) is 11.5 Å². The van der Waals surface area contributed by atoms with E-state index in [-0.39, 0.29) is 5.69 Å². The van der Waals surface area contributed by atoms with Gasteiger partial charge in [-0.2, -0.15) is 0 Å². The van der Waals surface area contributed by atoms with Crippen molar-refractivity contribution in [1.82, 2.24) is 19.8 Å². The molecule has 134 valence electrons. The van der Waals surface area contributed by atoms with Gasteiger partial charge in [0.1, 0.15) is 5.82 Å². The Hall–Kier alpha value is -1.93. The van der Waals surface area contributed by atoms with Gasteiger partial charge in [0.05, 0.1) is 16.9 Å². The zero-order valence-corrected chi connectivity index (χ0v) is 15.1. The van der Waals surface area contributed by atoms with Crippen LogP contribution in [0.5, 0.6) is 0 Å². The van der Waals surface area contributed by atoms with Crippen molar-refractivity contribution in [2.75, 3.05) is 26.2 Å². The molecule has 1 aliphatic heterocycles. The van der Waals surface area contributed by atoms with Crippen molar-refractivity contribution in [3.05, 3.63) is 45.2 Å². The molecule has 3 rings (SSSR count). The molecule has 2 aromatic rings. The highest BCUT2D eigenvalue weighted by Gasteiger charge is 2.24. The van der Waals surface area contributed by atoms with Gasteiger partial charge in [0.2, 0.25) is 0 Å². The molecule has 0 unspecified atom stereocenters. The van der Waals surface area contributed by atoms with E-state index >= 15 is 0 Å². The van der Waals surface area contributed by atoms with Gasteiger partial charge < -0.3 is 4.90 Å². The van der Waals surface area contributed by atoms with Crippen LogP contribution in [0, 0.1) is 25.5 Å². The van der Waals surface area contributed by atoms with E-state index in [0.29, 0.717) is 25.7 Å². The van der Waals surface area contributed by atoms with Gasteiger partial charge in [-0.3, -0.25) is 9.69 Å². The van der Waals surface area contributed by atoms with E-state index in [2.05, 4.69) is 14.9 Å². The Morgan fingerprint density at radius 1 is 1.24 bits per heavy atom. The van der Waals surface area contributed by atoms with Crippen LogP contribution < -0.4 is 0 Å². The maximum absolute atomic E-state index is 13.8. The minimum atomic E-state index is -0.915. The third-order valence-electron chi connectivity index (χ3n) is 4.25. The first kappa shape index (κ1) is 17.9. The lowest BCUT2D eigenvalue weighted by Crippen LogP contribution is -2.36. The Bertz CT molecular complexity index is 780. The molecule has 0 radical (unpaired) electrons. The molecule has 1 fully saturated rings. The predicted molar refractivity (Wildman–Crippen MR) is 91.5 cm³/mol. The largest absolute Gasteiger partial charge is 0.336 e. The Balaban J connectivity index is 1.65. The molecule has 0 bridgehead atoms. The zero-order valence-electron chi connectivity index (χ0n) is 14.3. The molecule has 3 heterocycles. The van der Waals surface area contributed by atoms with Crippen LogP contribution in [-0.2, 0) is 6.54 Å². The number of aromatic nitrogens is 2. The number of hydrogen-bond donors (Lipinski definition) is 0. The van der Waals surface area contributed by atoms with Crippen LogP contribution in [-0.4, -0.2) is 51.9 Å². The second kappa shape index (κ2) is 7.53. The van der Waals surface area contributed by atoms with Crippen LogP contribution in [0.3, 0.4) is 0 Å². The first-order valence-corrected chi connectivity index (χ1v) is 9.01. The third kappa shape index (κ3) is 4.19. The number of amides is 1. The van der Waals surface area contributed by atoms with E-state index in [1.807, 2.05) is 13.8 Å². The van der Waals surface area contributed by atoms with Crippen molar-refractivity contribution < 1.29 is 13.6 Å². The average molecular weight is 366 g/mol. The standard InChI is InChI=1S/C17H20F2N4OS/c1-11-15(25-12(2)21-11)10-22-4-3-5-23(7-6-22)17(24)16-14(19)8-13(18)9-20-16/h8-9H,3-7,10H2,1-2H3. The number of rotatable bonds is 3. The monoisotopic (exact) mass is 366 g/mol. The molecule has 1 saturated heterocycles. The summed E-state index contributed by atoms with van der Waals surface area (Å²) in [5.41, 5.74) is 0.737. The molecule has 0 saturated carbocycles. The Kier molecular flexibility index (Phi) is 5.39.